The highest BCUT2D eigenvalue weighted by atomic mass is 32.2. The Bertz CT molecular complexity index is 469. The van der Waals surface area contributed by atoms with Gasteiger partial charge >= 0.3 is 0 Å². The average Bonchev–Trinajstić information content (AvgIpc) is 2.93. The fourth-order valence-electron chi connectivity index (χ4n) is 2.59. The molecule has 7 nitrogen and oxygen atoms in total. The van der Waals surface area contributed by atoms with Crippen LogP contribution in [0.5, 0.6) is 0 Å². The van der Waals surface area contributed by atoms with Crippen LogP contribution < -0.4 is 10.6 Å². The maximum atomic E-state index is 12.2. The van der Waals surface area contributed by atoms with E-state index >= 15 is 0 Å². The normalized spacial score (nSPS) is 22.6. The molecule has 1 aliphatic heterocycles. The van der Waals surface area contributed by atoms with E-state index in [4.69, 9.17) is 4.74 Å². The number of rotatable bonds is 9. The van der Waals surface area contributed by atoms with Gasteiger partial charge in [0.15, 0.2) is 5.96 Å². The minimum Gasteiger partial charge on any atom is -0.373 e. The number of nitrogens with zero attached hydrogens (tertiary/aromatic N) is 2. The van der Waals surface area contributed by atoms with E-state index < -0.39 is 10.0 Å². The van der Waals surface area contributed by atoms with Gasteiger partial charge in [-0.05, 0) is 26.7 Å². The summed E-state index contributed by atoms with van der Waals surface area (Å²) in [6.07, 6.45) is 2.07. The van der Waals surface area contributed by atoms with Crippen LogP contribution in [-0.2, 0) is 14.8 Å². The van der Waals surface area contributed by atoms with Crippen LogP contribution in [0.3, 0.4) is 0 Å². The number of aliphatic imine (C=N–C) groups is 1. The van der Waals surface area contributed by atoms with Crippen molar-refractivity contribution >= 4 is 16.0 Å². The summed E-state index contributed by atoms with van der Waals surface area (Å²) in [5.41, 5.74) is -0.199. The van der Waals surface area contributed by atoms with E-state index in [1.165, 1.54) is 4.31 Å². The van der Waals surface area contributed by atoms with Gasteiger partial charge in [0.1, 0.15) is 0 Å². The summed E-state index contributed by atoms with van der Waals surface area (Å²) in [7, 11) is -3.21. The highest BCUT2D eigenvalue weighted by molar-refractivity contribution is 7.89. The van der Waals surface area contributed by atoms with Crippen LogP contribution >= 0.6 is 0 Å². The summed E-state index contributed by atoms with van der Waals surface area (Å²) < 4.78 is 31.5. The van der Waals surface area contributed by atoms with Crippen molar-refractivity contribution in [2.45, 2.75) is 46.1 Å². The first-order valence-electron chi connectivity index (χ1n) is 8.51. The van der Waals surface area contributed by atoms with Gasteiger partial charge in [-0.3, -0.25) is 4.99 Å². The predicted octanol–water partition coefficient (Wildman–Crippen LogP) is 0.782. The van der Waals surface area contributed by atoms with Crippen LogP contribution in [-0.4, -0.2) is 69.4 Å². The van der Waals surface area contributed by atoms with E-state index in [1.807, 2.05) is 20.8 Å². The summed E-state index contributed by atoms with van der Waals surface area (Å²) in [5, 5.41) is 6.24. The van der Waals surface area contributed by atoms with Gasteiger partial charge in [-0.25, -0.2) is 12.7 Å². The first-order valence-corrected chi connectivity index (χ1v) is 10.1. The zero-order valence-electron chi connectivity index (χ0n) is 14.9. The maximum Gasteiger partial charge on any atom is 0.215 e. The molecular formula is C15H32N4O3S. The fourth-order valence-corrected chi connectivity index (χ4v) is 4.00. The SMILES string of the molecule is CCNC(=NCC1(C)CCCO1)NCCS(=O)(=O)N(CC)CC. The molecule has 1 atom stereocenters. The monoisotopic (exact) mass is 348 g/mol. The van der Waals surface area contributed by atoms with Crippen molar-refractivity contribution in [2.75, 3.05) is 45.1 Å². The van der Waals surface area contributed by atoms with Crippen LogP contribution in [0.15, 0.2) is 4.99 Å². The zero-order chi connectivity index (χ0) is 17.3. The second kappa shape index (κ2) is 9.44. The molecule has 2 N–H and O–H groups in total. The van der Waals surface area contributed by atoms with Gasteiger partial charge in [-0.2, -0.15) is 0 Å². The summed E-state index contributed by atoms with van der Waals surface area (Å²) in [4.78, 5) is 4.53. The van der Waals surface area contributed by atoms with Crippen molar-refractivity contribution in [1.29, 1.82) is 0 Å². The minimum atomic E-state index is -3.21. The number of hydrogen-bond donors (Lipinski definition) is 2. The molecule has 0 radical (unpaired) electrons. The molecule has 8 heteroatoms. The Hall–Kier alpha value is -0.860. The van der Waals surface area contributed by atoms with Gasteiger partial charge in [0, 0.05) is 32.8 Å². The Morgan fingerprint density at radius 1 is 1.26 bits per heavy atom. The third kappa shape index (κ3) is 6.64. The molecule has 0 aromatic heterocycles. The molecule has 1 heterocycles. The Balaban J connectivity index is 2.53. The highest BCUT2D eigenvalue weighted by Crippen LogP contribution is 2.24. The lowest BCUT2D eigenvalue weighted by Gasteiger charge is -2.22. The van der Waals surface area contributed by atoms with Gasteiger partial charge in [-0.15, -0.1) is 0 Å². The molecule has 1 saturated heterocycles. The Labute approximate surface area is 140 Å². The molecule has 1 rings (SSSR count). The van der Waals surface area contributed by atoms with Gasteiger partial charge in [0.25, 0.3) is 0 Å². The number of sulfonamides is 1. The molecule has 0 spiro atoms. The number of nitrogens with one attached hydrogen (secondary N) is 2. The number of hydrogen-bond acceptors (Lipinski definition) is 4. The third-order valence-corrected chi connectivity index (χ3v) is 5.99. The van der Waals surface area contributed by atoms with Crippen molar-refractivity contribution in [3.8, 4) is 0 Å². The van der Waals surface area contributed by atoms with Crippen molar-refractivity contribution in [2.24, 2.45) is 4.99 Å². The number of guanidine groups is 1. The lowest BCUT2D eigenvalue weighted by molar-refractivity contribution is 0.0283. The Kier molecular flexibility index (Phi) is 8.28. The van der Waals surface area contributed by atoms with Crippen molar-refractivity contribution < 1.29 is 13.2 Å². The zero-order valence-corrected chi connectivity index (χ0v) is 15.7. The third-order valence-electron chi connectivity index (χ3n) is 3.97. The van der Waals surface area contributed by atoms with E-state index in [1.54, 1.807) is 0 Å². The van der Waals surface area contributed by atoms with E-state index in [-0.39, 0.29) is 11.4 Å². The van der Waals surface area contributed by atoms with Crippen LogP contribution in [0.4, 0.5) is 0 Å². The lowest BCUT2D eigenvalue weighted by atomic mass is 10.0. The molecule has 0 aromatic carbocycles. The molecule has 1 fully saturated rings. The molecule has 136 valence electrons. The first-order chi connectivity index (χ1) is 10.9. The summed E-state index contributed by atoms with van der Waals surface area (Å²) in [6.45, 7) is 11.2. The van der Waals surface area contributed by atoms with E-state index in [0.29, 0.717) is 32.1 Å². The van der Waals surface area contributed by atoms with E-state index in [9.17, 15) is 8.42 Å². The predicted molar refractivity (Wildman–Crippen MR) is 94.3 cm³/mol. The van der Waals surface area contributed by atoms with Gasteiger partial charge in [0.2, 0.25) is 10.0 Å². The molecule has 1 unspecified atom stereocenters. The largest absolute Gasteiger partial charge is 0.373 e. The summed E-state index contributed by atoms with van der Waals surface area (Å²) in [6, 6.07) is 0. The molecular weight excluding hydrogens is 316 g/mol. The smallest absolute Gasteiger partial charge is 0.215 e. The standard InChI is InChI=1S/C15H32N4O3S/c1-5-16-14(18-13-15(4)9-8-11-22-15)17-10-12-23(20,21)19(6-2)7-3/h5-13H2,1-4H3,(H2,16,17,18). The highest BCUT2D eigenvalue weighted by Gasteiger charge is 2.29. The van der Waals surface area contributed by atoms with Gasteiger partial charge in [-0.1, -0.05) is 13.8 Å². The van der Waals surface area contributed by atoms with Gasteiger partial charge < -0.3 is 15.4 Å². The Morgan fingerprint density at radius 3 is 2.48 bits per heavy atom. The maximum absolute atomic E-state index is 12.2. The average molecular weight is 349 g/mol. The topological polar surface area (TPSA) is 83.0 Å². The second-order valence-corrected chi connectivity index (χ2v) is 8.01. The quantitative estimate of drug-likeness (QED) is 0.475. The van der Waals surface area contributed by atoms with Crippen molar-refractivity contribution in [3.05, 3.63) is 0 Å². The van der Waals surface area contributed by atoms with Gasteiger partial charge in [0.05, 0.1) is 17.9 Å². The first kappa shape index (κ1) is 20.2. The molecule has 1 aliphatic rings. The minimum absolute atomic E-state index is 0.0624. The van der Waals surface area contributed by atoms with E-state index in [2.05, 4.69) is 22.5 Å². The van der Waals surface area contributed by atoms with Crippen LogP contribution in [0.1, 0.15) is 40.5 Å². The van der Waals surface area contributed by atoms with Crippen LogP contribution in [0.25, 0.3) is 0 Å². The van der Waals surface area contributed by atoms with Crippen molar-refractivity contribution in [3.63, 3.8) is 0 Å². The molecule has 0 saturated carbocycles. The summed E-state index contributed by atoms with van der Waals surface area (Å²) in [5.74, 6) is 0.700. The Morgan fingerprint density at radius 2 is 1.96 bits per heavy atom. The lowest BCUT2D eigenvalue weighted by Crippen LogP contribution is -2.43. The van der Waals surface area contributed by atoms with Crippen LogP contribution in [0, 0.1) is 0 Å². The molecule has 0 amide bonds. The molecule has 23 heavy (non-hydrogen) atoms. The van der Waals surface area contributed by atoms with Crippen molar-refractivity contribution in [1.82, 2.24) is 14.9 Å². The molecule has 0 bridgehead atoms. The molecule has 0 aliphatic carbocycles. The fraction of sp³-hybridized carbons (Fsp3) is 0.933. The van der Waals surface area contributed by atoms with Crippen LogP contribution in [0.2, 0.25) is 0 Å². The second-order valence-electron chi connectivity index (χ2n) is 5.92. The molecule has 0 aromatic rings. The van der Waals surface area contributed by atoms with E-state index in [0.717, 1.165) is 26.0 Å². The summed E-state index contributed by atoms with van der Waals surface area (Å²) >= 11 is 0. The number of ether oxygens (including phenoxy) is 1.